The van der Waals surface area contributed by atoms with Gasteiger partial charge in [0.1, 0.15) is 5.82 Å². The molecule has 2 saturated heterocycles. The van der Waals surface area contributed by atoms with E-state index in [2.05, 4.69) is 15.3 Å². The third kappa shape index (κ3) is 2.75. The summed E-state index contributed by atoms with van der Waals surface area (Å²) in [5.41, 5.74) is 0.724. The smallest absolute Gasteiger partial charge is 0.282 e. The molecule has 1 N–H and O–H groups in total. The van der Waals surface area contributed by atoms with E-state index >= 15 is 0 Å². The molecule has 2 aliphatic heterocycles. The average Bonchev–Trinajstić information content (AvgIpc) is 3.18. The number of nitrogens with zero attached hydrogens (tertiary/aromatic N) is 4. The molecule has 1 aromatic heterocycles. The van der Waals surface area contributed by atoms with Gasteiger partial charge in [0.15, 0.2) is 0 Å². The zero-order valence-corrected chi connectivity index (χ0v) is 13.0. The first-order valence-corrected chi connectivity index (χ1v) is 8.79. The van der Waals surface area contributed by atoms with Crippen LogP contribution in [-0.2, 0) is 10.2 Å². The fourth-order valence-corrected chi connectivity index (χ4v) is 4.95. The monoisotopic (exact) mass is 311 g/mol. The second-order valence-electron chi connectivity index (χ2n) is 5.46. The lowest BCUT2D eigenvalue weighted by Gasteiger charge is -2.28. The van der Waals surface area contributed by atoms with Crippen molar-refractivity contribution in [3.8, 4) is 0 Å². The van der Waals surface area contributed by atoms with Crippen molar-refractivity contribution in [1.29, 1.82) is 0 Å². The molecule has 2 fully saturated rings. The van der Waals surface area contributed by atoms with Gasteiger partial charge in [-0.1, -0.05) is 0 Å². The summed E-state index contributed by atoms with van der Waals surface area (Å²) in [7, 11) is -1.60. The molecule has 1 aromatic rings. The largest absolute Gasteiger partial charge is 0.372 e. The van der Waals surface area contributed by atoms with Gasteiger partial charge in [-0.3, -0.25) is 4.98 Å². The quantitative estimate of drug-likeness (QED) is 0.897. The SMILES string of the molecule is CNc1cncc([C@@H]2CCCN2S(=O)(=O)N2CCCC2)n1. The topological polar surface area (TPSA) is 78.4 Å². The molecule has 2 aliphatic rings. The van der Waals surface area contributed by atoms with E-state index in [4.69, 9.17) is 0 Å². The predicted molar refractivity (Wildman–Crippen MR) is 80.0 cm³/mol. The zero-order valence-electron chi connectivity index (χ0n) is 12.2. The molecule has 0 bridgehead atoms. The molecular weight excluding hydrogens is 290 g/mol. The Labute approximate surface area is 125 Å². The molecule has 0 unspecified atom stereocenters. The molecule has 116 valence electrons. The summed E-state index contributed by atoms with van der Waals surface area (Å²) in [5, 5.41) is 2.95. The summed E-state index contributed by atoms with van der Waals surface area (Å²) < 4.78 is 28.7. The van der Waals surface area contributed by atoms with E-state index in [0.29, 0.717) is 25.5 Å². The van der Waals surface area contributed by atoms with Crippen LogP contribution in [-0.4, -0.2) is 53.7 Å². The van der Waals surface area contributed by atoms with Gasteiger partial charge in [-0.25, -0.2) is 4.98 Å². The van der Waals surface area contributed by atoms with Crippen LogP contribution in [0.2, 0.25) is 0 Å². The molecule has 1 atom stereocenters. The molecule has 21 heavy (non-hydrogen) atoms. The second kappa shape index (κ2) is 5.86. The van der Waals surface area contributed by atoms with Crippen LogP contribution >= 0.6 is 0 Å². The molecule has 3 rings (SSSR count). The van der Waals surface area contributed by atoms with E-state index in [0.717, 1.165) is 31.4 Å². The lowest BCUT2D eigenvalue weighted by Crippen LogP contribution is -2.42. The first-order valence-electron chi connectivity index (χ1n) is 7.39. The first kappa shape index (κ1) is 14.7. The number of hydrogen-bond acceptors (Lipinski definition) is 5. The Morgan fingerprint density at radius 1 is 1.19 bits per heavy atom. The highest BCUT2D eigenvalue weighted by atomic mass is 32.2. The van der Waals surface area contributed by atoms with Gasteiger partial charge >= 0.3 is 0 Å². The minimum atomic E-state index is -3.38. The molecule has 0 amide bonds. The Morgan fingerprint density at radius 3 is 2.67 bits per heavy atom. The van der Waals surface area contributed by atoms with Crippen LogP contribution in [0.15, 0.2) is 12.4 Å². The summed E-state index contributed by atoms with van der Waals surface area (Å²) in [5.74, 6) is 0.665. The number of nitrogens with one attached hydrogen (secondary N) is 1. The van der Waals surface area contributed by atoms with Crippen molar-refractivity contribution < 1.29 is 8.42 Å². The van der Waals surface area contributed by atoms with Gasteiger partial charge in [0, 0.05) is 26.7 Å². The summed E-state index contributed by atoms with van der Waals surface area (Å²) >= 11 is 0. The van der Waals surface area contributed by atoms with Crippen molar-refractivity contribution in [2.45, 2.75) is 31.7 Å². The van der Waals surface area contributed by atoms with Crippen LogP contribution in [0.25, 0.3) is 0 Å². The van der Waals surface area contributed by atoms with Crippen molar-refractivity contribution in [3.05, 3.63) is 18.1 Å². The summed E-state index contributed by atoms with van der Waals surface area (Å²) in [4.78, 5) is 8.62. The maximum Gasteiger partial charge on any atom is 0.282 e. The fourth-order valence-electron chi connectivity index (χ4n) is 3.04. The van der Waals surface area contributed by atoms with E-state index in [1.165, 1.54) is 0 Å². The highest BCUT2D eigenvalue weighted by Gasteiger charge is 2.40. The predicted octanol–water partition coefficient (Wildman–Crippen LogP) is 0.996. The Balaban J connectivity index is 1.88. The average molecular weight is 311 g/mol. The molecule has 8 heteroatoms. The molecule has 0 spiro atoms. The van der Waals surface area contributed by atoms with E-state index in [1.54, 1.807) is 28.1 Å². The van der Waals surface area contributed by atoms with Crippen LogP contribution in [0, 0.1) is 0 Å². The lowest BCUT2D eigenvalue weighted by molar-refractivity contribution is 0.344. The second-order valence-corrected chi connectivity index (χ2v) is 7.34. The highest BCUT2D eigenvalue weighted by molar-refractivity contribution is 7.86. The Hall–Kier alpha value is -1.25. The maximum atomic E-state index is 12.8. The van der Waals surface area contributed by atoms with Crippen LogP contribution in [0.3, 0.4) is 0 Å². The lowest BCUT2D eigenvalue weighted by atomic mass is 10.2. The summed E-state index contributed by atoms with van der Waals surface area (Å²) in [6.07, 6.45) is 6.87. The molecule has 3 heterocycles. The molecular formula is C13H21N5O2S. The fraction of sp³-hybridized carbons (Fsp3) is 0.692. The van der Waals surface area contributed by atoms with Gasteiger partial charge < -0.3 is 5.32 Å². The Bertz CT molecular complexity index is 600. The van der Waals surface area contributed by atoms with Crippen LogP contribution in [0.4, 0.5) is 5.82 Å². The minimum Gasteiger partial charge on any atom is -0.372 e. The normalized spacial score (nSPS) is 24.5. The summed E-state index contributed by atoms with van der Waals surface area (Å²) in [6.45, 7) is 1.83. The number of aromatic nitrogens is 2. The highest BCUT2D eigenvalue weighted by Crippen LogP contribution is 2.35. The third-order valence-corrected chi connectivity index (χ3v) is 6.19. The molecule has 0 saturated carbocycles. The standard InChI is InChI=1S/C13H21N5O2S/c1-14-13-10-15-9-11(16-13)12-5-4-8-18(12)21(19,20)17-6-2-3-7-17/h9-10,12H,2-8H2,1H3,(H,14,16)/t12-/m0/s1. The zero-order chi connectivity index (χ0) is 14.9. The third-order valence-electron chi connectivity index (χ3n) is 4.14. The van der Waals surface area contributed by atoms with E-state index in [1.807, 2.05) is 0 Å². The first-order chi connectivity index (χ1) is 10.1. The van der Waals surface area contributed by atoms with E-state index in [-0.39, 0.29) is 6.04 Å². The van der Waals surface area contributed by atoms with E-state index < -0.39 is 10.2 Å². The van der Waals surface area contributed by atoms with Gasteiger partial charge in [-0.05, 0) is 25.7 Å². The Morgan fingerprint density at radius 2 is 1.95 bits per heavy atom. The van der Waals surface area contributed by atoms with Crippen molar-refractivity contribution >= 4 is 16.0 Å². The van der Waals surface area contributed by atoms with Crippen LogP contribution in [0.1, 0.15) is 37.4 Å². The Kier molecular flexibility index (Phi) is 4.10. The molecule has 7 nitrogen and oxygen atoms in total. The minimum absolute atomic E-state index is 0.198. The van der Waals surface area contributed by atoms with E-state index in [9.17, 15) is 8.42 Å². The van der Waals surface area contributed by atoms with Gasteiger partial charge in [-0.15, -0.1) is 0 Å². The number of hydrogen-bond donors (Lipinski definition) is 1. The van der Waals surface area contributed by atoms with Crippen molar-refractivity contribution in [2.24, 2.45) is 0 Å². The molecule has 0 aromatic carbocycles. The van der Waals surface area contributed by atoms with Gasteiger partial charge in [0.2, 0.25) is 0 Å². The van der Waals surface area contributed by atoms with Gasteiger partial charge in [0.05, 0.1) is 24.1 Å². The maximum absolute atomic E-state index is 12.8. The van der Waals surface area contributed by atoms with Gasteiger partial charge in [-0.2, -0.15) is 17.0 Å². The van der Waals surface area contributed by atoms with Crippen molar-refractivity contribution in [2.75, 3.05) is 32.0 Å². The van der Waals surface area contributed by atoms with Crippen LogP contribution in [0.5, 0.6) is 0 Å². The van der Waals surface area contributed by atoms with Crippen molar-refractivity contribution in [1.82, 2.24) is 18.6 Å². The van der Waals surface area contributed by atoms with Gasteiger partial charge in [0.25, 0.3) is 10.2 Å². The number of rotatable bonds is 4. The van der Waals surface area contributed by atoms with Crippen molar-refractivity contribution in [3.63, 3.8) is 0 Å². The molecule has 0 aliphatic carbocycles. The number of anilines is 1. The summed E-state index contributed by atoms with van der Waals surface area (Å²) in [6, 6.07) is -0.198. The van der Waals surface area contributed by atoms with Crippen LogP contribution < -0.4 is 5.32 Å². The molecule has 0 radical (unpaired) electrons.